The molecule has 0 bridgehead atoms. The van der Waals surface area contributed by atoms with Gasteiger partial charge in [-0.2, -0.15) is 0 Å². The van der Waals surface area contributed by atoms with Gasteiger partial charge in [0, 0.05) is 17.7 Å². The van der Waals surface area contributed by atoms with Crippen LogP contribution in [0.4, 0.5) is 4.39 Å². The number of hydrogen-bond donors (Lipinski definition) is 5. The number of carbonyl (C=O) groups excluding carboxylic acids is 1. The summed E-state index contributed by atoms with van der Waals surface area (Å²) in [7, 11) is 0. The number of fused-ring (bicyclic) bond motifs is 1. The highest BCUT2D eigenvalue weighted by atomic mass is 19.1. The smallest absolute Gasteiger partial charge is 0.246 e. The van der Waals surface area contributed by atoms with Crippen LogP contribution >= 0.6 is 0 Å². The SMILES string of the molecule is O=C(CC1(O)C(c2ccc(F)cc2)=COc2cc(O)cc(O)c21)NO. The van der Waals surface area contributed by atoms with Crippen LogP contribution in [-0.4, -0.2) is 26.4 Å². The summed E-state index contributed by atoms with van der Waals surface area (Å²) in [4.78, 5) is 11.7. The van der Waals surface area contributed by atoms with E-state index in [1.165, 1.54) is 17.6 Å². The normalized spacial score (nSPS) is 18.8. The number of phenolic OH excluding ortho intramolecular Hbond substituents is 2. The molecule has 130 valence electrons. The average molecular weight is 347 g/mol. The van der Waals surface area contributed by atoms with Gasteiger partial charge in [-0.1, -0.05) is 12.1 Å². The second-order valence-electron chi connectivity index (χ2n) is 5.57. The number of nitrogens with one attached hydrogen (secondary N) is 1. The summed E-state index contributed by atoms with van der Waals surface area (Å²) in [5.41, 5.74) is -0.408. The molecule has 5 N–H and O–H groups in total. The lowest BCUT2D eigenvalue weighted by Crippen LogP contribution is -2.37. The average Bonchev–Trinajstić information content (AvgIpc) is 2.55. The van der Waals surface area contributed by atoms with E-state index in [4.69, 9.17) is 9.94 Å². The van der Waals surface area contributed by atoms with Crippen LogP contribution in [0.2, 0.25) is 0 Å². The quantitative estimate of drug-likeness (QED) is 0.426. The maximum Gasteiger partial charge on any atom is 0.246 e. The van der Waals surface area contributed by atoms with Crippen LogP contribution in [0.15, 0.2) is 42.7 Å². The molecule has 3 rings (SSSR count). The maximum absolute atomic E-state index is 13.2. The number of hydrogen-bond acceptors (Lipinski definition) is 6. The van der Waals surface area contributed by atoms with Crippen molar-refractivity contribution in [1.29, 1.82) is 0 Å². The zero-order valence-electron chi connectivity index (χ0n) is 12.7. The standard InChI is InChI=1S/C17H14FNO6/c18-10-3-1-9(2-4-10)12-8-25-14-6-11(20)5-13(21)16(14)17(12,23)7-15(22)19-24/h1-6,8,20-21,23-24H,7H2,(H,19,22). The van der Waals surface area contributed by atoms with Crippen molar-refractivity contribution in [2.45, 2.75) is 12.0 Å². The lowest BCUT2D eigenvalue weighted by molar-refractivity contribution is -0.133. The first-order valence-corrected chi connectivity index (χ1v) is 7.20. The van der Waals surface area contributed by atoms with Crippen LogP contribution in [0.3, 0.4) is 0 Å². The summed E-state index contributed by atoms with van der Waals surface area (Å²) < 4.78 is 18.5. The third-order valence-electron chi connectivity index (χ3n) is 3.93. The molecule has 0 radical (unpaired) electrons. The van der Waals surface area contributed by atoms with E-state index in [0.717, 1.165) is 30.5 Å². The van der Waals surface area contributed by atoms with E-state index >= 15 is 0 Å². The Kier molecular flexibility index (Phi) is 4.07. The van der Waals surface area contributed by atoms with Crippen molar-refractivity contribution in [3.05, 3.63) is 59.6 Å². The van der Waals surface area contributed by atoms with E-state index in [2.05, 4.69) is 0 Å². The zero-order valence-corrected chi connectivity index (χ0v) is 12.7. The Hall–Kier alpha value is -3.10. The number of amides is 1. The lowest BCUT2D eigenvalue weighted by atomic mass is 9.78. The van der Waals surface area contributed by atoms with E-state index < -0.39 is 29.5 Å². The third-order valence-corrected chi connectivity index (χ3v) is 3.93. The number of phenols is 2. The minimum Gasteiger partial charge on any atom is -0.508 e. The number of benzene rings is 2. The number of ether oxygens (including phenoxy) is 1. The highest BCUT2D eigenvalue weighted by molar-refractivity contribution is 5.85. The Morgan fingerprint density at radius 1 is 1.20 bits per heavy atom. The molecule has 1 aliphatic heterocycles. The van der Waals surface area contributed by atoms with E-state index in [-0.39, 0.29) is 22.6 Å². The fourth-order valence-corrected chi connectivity index (χ4v) is 2.84. The Balaban J connectivity index is 2.20. The first-order valence-electron chi connectivity index (χ1n) is 7.20. The van der Waals surface area contributed by atoms with Crippen LogP contribution < -0.4 is 10.2 Å². The molecule has 0 saturated carbocycles. The minimum atomic E-state index is -2.09. The maximum atomic E-state index is 13.2. The summed E-state index contributed by atoms with van der Waals surface area (Å²) in [6.45, 7) is 0. The number of hydroxylamine groups is 1. The van der Waals surface area contributed by atoms with Gasteiger partial charge in [0.2, 0.25) is 5.91 Å². The monoisotopic (exact) mass is 347 g/mol. The largest absolute Gasteiger partial charge is 0.508 e. The van der Waals surface area contributed by atoms with Crippen molar-refractivity contribution in [3.63, 3.8) is 0 Å². The summed E-state index contributed by atoms with van der Waals surface area (Å²) in [5, 5.41) is 39.8. The molecule has 1 unspecified atom stereocenters. The summed E-state index contributed by atoms with van der Waals surface area (Å²) in [6.07, 6.45) is 0.487. The molecule has 25 heavy (non-hydrogen) atoms. The fourth-order valence-electron chi connectivity index (χ4n) is 2.84. The summed E-state index contributed by atoms with van der Waals surface area (Å²) in [6, 6.07) is 7.21. The van der Waals surface area contributed by atoms with Crippen LogP contribution in [0.5, 0.6) is 17.2 Å². The van der Waals surface area contributed by atoms with Crippen molar-refractivity contribution >= 4 is 11.5 Å². The van der Waals surface area contributed by atoms with Gasteiger partial charge in [-0.15, -0.1) is 0 Å². The first kappa shape index (κ1) is 16.7. The predicted molar refractivity (Wildman–Crippen MR) is 83.2 cm³/mol. The second-order valence-corrected chi connectivity index (χ2v) is 5.57. The molecular weight excluding hydrogens is 333 g/mol. The Labute approximate surface area is 141 Å². The van der Waals surface area contributed by atoms with Gasteiger partial charge in [-0.3, -0.25) is 10.0 Å². The van der Waals surface area contributed by atoms with Gasteiger partial charge in [0.25, 0.3) is 0 Å². The molecule has 1 heterocycles. The Morgan fingerprint density at radius 3 is 2.52 bits per heavy atom. The van der Waals surface area contributed by atoms with Gasteiger partial charge in [-0.25, -0.2) is 9.87 Å². The van der Waals surface area contributed by atoms with Gasteiger partial charge >= 0.3 is 0 Å². The van der Waals surface area contributed by atoms with Crippen molar-refractivity contribution in [3.8, 4) is 17.2 Å². The molecule has 0 spiro atoms. The van der Waals surface area contributed by atoms with Crippen molar-refractivity contribution in [2.75, 3.05) is 0 Å². The number of rotatable bonds is 3. The fraction of sp³-hybridized carbons (Fsp3) is 0.118. The van der Waals surface area contributed by atoms with Gasteiger partial charge in [0.1, 0.15) is 28.7 Å². The van der Waals surface area contributed by atoms with E-state index in [1.54, 1.807) is 0 Å². The van der Waals surface area contributed by atoms with Crippen molar-refractivity contribution < 1.29 is 34.4 Å². The molecule has 0 aliphatic carbocycles. The number of aliphatic hydroxyl groups is 1. The molecule has 2 aromatic carbocycles. The number of halogens is 1. The molecule has 0 saturated heterocycles. The molecule has 8 heteroatoms. The first-order chi connectivity index (χ1) is 11.8. The Morgan fingerprint density at radius 2 is 1.88 bits per heavy atom. The topological polar surface area (TPSA) is 119 Å². The van der Waals surface area contributed by atoms with Crippen LogP contribution in [0.25, 0.3) is 5.57 Å². The highest BCUT2D eigenvalue weighted by Crippen LogP contribution is 2.51. The van der Waals surface area contributed by atoms with Gasteiger partial charge in [0.05, 0.1) is 18.2 Å². The van der Waals surface area contributed by atoms with Crippen LogP contribution in [0, 0.1) is 5.82 Å². The van der Waals surface area contributed by atoms with Gasteiger partial charge in [-0.05, 0) is 17.7 Å². The zero-order chi connectivity index (χ0) is 18.2. The predicted octanol–water partition coefficient (Wildman–Crippen LogP) is 1.75. The summed E-state index contributed by atoms with van der Waals surface area (Å²) in [5.74, 6) is -2.28. The molecule has 2 aromatic rings. The van der Waals surface area contributed by atoms with Gasteiger partial charge < -0.3 is 20.1 Å². The second kappa shape index (κ2) is 6.08. The number of aromatic hydroxyl groups is 2. The molecule has 1 atom stereocenters. The van der Waals surface area contributed by atoms with Crippen LogP contribution in [0.1, 0.15) is 17.5 Å². The number of carbonyl (C=O) groups is 1. The van der Waals surface area contributed by atoms with E-state index in [9.17, 15) is 24.5 Å². The minimum absolute atomic E-state index is 0.0587. The molecule has 1 amide bonds. The molecule has 7 nitrogen and oxygen atoms in total. The molecular formula is C17H14FNO6. The van der Waals surface area contributed by atoms with E-state index in [1.807, 2.05) is 0 Å². The van der Waals surface area contributed by atoms with Crippen molar-refractivity contribution in [2.24, 2.45) is 0 Å². The Bertz CT molecular complexity index is 864. The molecule has 1 aliphatic rings. The lowest BCUT2D eigenvalue weighted by Gasteiger charge is -2.35. The van der Waals surface area contributed by atoms with Crippen molar-refractivity contribution in [1.82, 2.24) is 5.48 Å². The molecule has 0 fully saturated rings. The van der Waals surface area contributed by atoms with Crippen LogP contribution in [-0.2, 0) is 10.4 Å². The third kappa shape index (κ3) is 2.88. The molecule has 0 aromatic heterocycles. The summed E-state index contributed by atoms with van der Waals surface area (Å²) >= 11 is 0. The van der Waals surface area contributed by atoms with Gasteiger partial charge in [0.15, 0.2) is 0 Å². The van der Waals surface area contributed by atoms with E-state index in [0.29, 0.717) is 5.56 Å². The highest BCUT2D eigenvalue weighted by Gasteiger charge is 2.44.